The largest absolute Gasteiger partial charge is 0.395 e. The molecule has 1 aromatic rings. The lowest BCUT2D eigenvalue weighted by molar-refractivity contribution is 0.283. The second-order valence-electron chi connectivity index (χ2n) is 5.45. The molecule has 0 bridgehead atoms. The van der Waals surface area contributed by atoms with Crippen molar-refractivity contribution < 1.29 is 5.11 Å². The average Bonchev–Trinajstić information content (AvgIpc) is 2.38. The van der Waals surface area contributed by atoms with Gasteiger partial charge in [0.1, 0.15) is 0 Å². The number of benzene rings is 1. The molecule has 1 aliphatic rings. The topological polar surface area (TPSA) is 35.5 Å². The summed E-state index contributed by atoms with van der Waals surface area (Å²) in [5, 5.41) is 12.7. The second-order valence-corrected chi connectivity index (χ2v) is 6.31. The van der Waals surface area contributed by atoms with Gasteiger partial charge < -0.3 is 15.3 Å². The van der Waals surface area contributed by atoms with Gasteiger partial charge in [-0.2, -0.15) is 0 Å². The van der Waals surface area contributed by atoms with Crippen molar-refractivity contribution in [3.8, 4) is 0 Å². The summed E-state index contributed by atoms with van der Waals surface area (Å²) in [5.74, 6) is 0. The maximum Gasteiger partial charge on any atom is 0.0606 e. The predicted octanol–water partition coefficient (Wildman–Crippen LogP) is 3.30. The molecule has 0 spiro atoms. The van der Waals surface area contributed by atoms with E-state index in [0.717, 1.165) is 30.5 Å². The van der Waals surface area contributed by atoms with Crippen LogP contribution in [-0.2, 0) is 6.54 Å². The van der Waals surface area contributed by atoms with Gasteiger partial charge in [-0.25, -0.2) is 0 Å². The molecule has 0 saturated heterocycles. The first kappa shape index (κ1) is 15.8. The van der Waals surface area contributed by atoms with Crippen molar-refractivity contribution in [1.29, 1.82) is 0 Å². The summed E-state index contributed by atoms with van der Waals surface area (Å²) in [4.78, 5) is 2.34. The van der Waals surface area contributed by atoms with Gasteiger partial charge in [-0.15, -0.1) is 0 Å². The zero-order valence-electron chi connectivity index (χ0n) is 12.2. The van der Waals surface area contributed by atoms with Gasteiger partial charge in [0, 0.05) is 29.3 Å². The van der Waals surface area contributed by atoms with Crippen LogP contribution in [0.4, 0.5) is 5.69 Å². The fourth-order valence-electron chi connectivity index (χ4n) is 2.59. The Morgan fingerprint density at radius 2 is 2.20 bits per heavy atom. The van der Waals surface area contributed by atoms with E-state index < -0.39 is 0 Å². The van der Waals surface area contributed by atoms with Gasteiger partial charge in [0.2, 0.25) is 0 Å². The predicted molar refractivity (Wildman–Crippen MR) is 88.2 cm³/mol. The van der Waals surface area contributed by atoms with E-state index in [1.165, 1.54) is 30.5 Å². The Balaban J connectivity index is 2.05. The van der Waals surface area contributed by atoms with E-state index in [2.05, 4.69) is 51.3 Å². The van der Waals surface area contributed by atoms with Gasteiger partial charge in [0.05, 0.1) is 6.61 Å². The Bertz CT molecular complexity index is 421. The molecule has 3 nitrogen and oxygen atoms in total. The highest BCUT2D eigenvalue weighted by Crippen LogP contribution is 2.31. The minimum absolute atomic E-state index is 0.216. The lowest BCUT2D eigenvalue weighted by Crippen LogP contribution is -2.42. The van der Waals surface area contributed by atoms with Crippen LogP contribution >= 0.6 is 15.9 Å². The molecule has 0 heterocycles. The Morgan fingerprint density at radius 3 is 2.75 bits per heavy atom. The zero-order valence-corrected chi connectivity index (χ0v) is 13.8. The minimum atomic E-state index is 0.216. The highest BCUT2D eigenvalue weighted by Gasteiger charge is 2.25. The molecule has 0 aliphatic heterocycles. The molecule has 20 heavy (non-hydrogen) atoms. The van der Waals surface area contributed by atoms with Crippen LogP contribution in [0.1, 0.15) is 38.2 Å². The van der Waals surface area contributed by atoms with E-state index in [4.69, 9.17) is 0 Å². The Morgan fingerprint density at radius 1 is 1.40 bits per heavy atom. The molecular weight excluding hydrogens is 316 g/mol. The van der Waals surface area contributed by atoms with E-state index in [0.29, 0.717) is 6.04 Å². The van der Waals surface area contributed by atoms with Gasteiger partial charge >= 0.3 is 0 Å². The second kappa shape index (κ2) is 8.01. The first-order valence-electron chi connectivity index (χ1n) is 7.63. The van der Waals surface area contributed by atoms with Crippen molar-refractivity contribution in [3.05, 3.63) is 28.2 Å². The summed E-state index contributed by atoms with van der Waals surface area (Å²) in [6, 6.07) is 7.17. The molecule has 0 unspecified atom stereocenters. The molecule has 112 valence electrons. The van der Waals surface area contributed by atoms with E-state index in [9.17, 15) is 5.11 Å². The maximum atomic E-state index is 9.27. The van der Waals surface area contributed by atoms with E-state index in [1.807, 2.05) is 0 Å². The molecule has 0 atom stereocenters. The van der Waals surface area contributed by atoms with E-state index in [-0.39, 0.29) is 6.61 Å². The van der Waals surface area contributed by atoms with Crippen LogP contribution in [0.25, 0.3) is 0 Å². The monoisotopic (exact) mass is 340 g/mol. The summed E-state index contributed by atoms with van der Waals surface area (Å²) in [5.41, 5.74) is 2.51. The number of anilines is 1. The number of halogens is 1. The van der Waals surface area contributed by atoms with Crippen molar-refractivity contribution in [2.24, 2.45) is 0 Å². The van der Waals surface area contributed by atoms with Crippen molar-refractivity contribution in [1.82, 2.24) is 5.32 Å². The number of hydrogen-bond donors (Lipinski definition) is 2. The van der Waals surface area contributed by atoms with Crippen LogP contribution in [0.5, 0.6) is 0 Å². The molecular formula is C16H25BrN2O. The molecule has 4 heteroatoms. The lowest BCUT2D eigenvalue weighted by Gasteiger charge is -2.39. The van der Waals surface area contributed by atoms with Crippen molar-refractivity contribution in [2.75, 3.05) is 24.6 Å². The molecule has 1 aliphatic carbocycles. The van der Waals surface area contributed by atoms with Crippen LogP contribution < -0.4 is 10.2 Å². The Hall–Kier alpha value is -0.580. The van der Waals surface area contributed by atoms with Crippen LogP contribution in [0.2, 0.25) is 0 Å². The lowest BCUT2D eigenvalue weighted by atomic mass is 9.91. The SMILES string of the molecule is CCCNCc1ccc(N(CCO)C2CCC2)cc1Br. The van der Waals surface area contributed by atoms with E-state index in [1.54, 1.807) is 0 Å². The van der Waals surface area contributed by atoms with Crippen LogP contribution in [0.15, 0.2) is 22.7 Å². The van der Waals surface area contributed by atoms with Gasteiger partial charge in [0.15, 0.2) is 0 Å². The molecule has 2 N–H and O–H groups in total. The van der Waals surface area contributed by atoms with Crippen molar-refractivity contribution in [2.45, 2.75) is 45.2 Å². The molecule has 1 aromatic carbocycles. The summed E-state index contributed by atoms with van der Waals surface area (Å²) < 4.78 is 1.15. The Labute approximate surface area is 130 Å². The number of nitrogens with one attached hydrogen (secondary N) is 1. The third kappa shape index (κ3) is 3.96. The van der Waals surface area contributed by atoms with Gasteiger partial charge in [-0.3, -0.25) is 0 Å². The third-order valence-corrected chi connectivity index (χ3v) is 4.71. The quantitative estimate of drug-likeness (QED) is 0.712. The van der Waals surface area contributed by atoms with Crippen LogP contribution in [0, 0.1) is 0 Å². The first-order valence-corrected chi connectivity index (χ1v) is 8.42. The summed E-state index contributed by atoms with van der Waals surface area (Å²) >= 11 is 3.68. The highest BCUT2D eigenvalue weighted by atomic mass is 79.9. The molecule has 0 amide bonds. The van der Waals surface area contributed by atoms with Gasteiger partial charge in [0.25, 0.3) is 0 Å². The van der Waals surface area contributed by atoms with Crippen molar-refractivity contribution >= 4 is 21.6 Å². The molecule has 1 fully saturated rings. The molecule has 2 rings (SSSR count). The fraction of sp³-hybridized carbons (Fsp3) is 0.625. The van der Waals surface area contributed by atoms with Gasteiger partial charge in [-0.1, -0.05) is 28.9 Å². The summed E-state index contributed by atoms with van der Waals surface area (Å²) in [7, 11) is 0. The maximum absolute atomic E-state index is 9.27. The first-order chi connectivity index (χ1) is 9.76. The third-order valence-electron chi connectivity index (χ3n) is 3.97. The normalized spacial score (nSPS) is 15.2. The van der Waals surface area contributed by atoms with E-state index >= 15 is 0 Å². The van der Waals surface area contributed by atoms with Crippen molar-refractivity contribution in [3.63, 3.8) is 0 Å². The molecule has 1 saturated carbocycles. The standard InChI is InChI=1S/C16H25BrN2O/c1-2-8-18-12-13-6-7-15(11-16(13)17)19(9-10-20)14-4-3-5-14/h6-7,11,14,18,20H,2-5,8-10,12H2,1H3. The number of rotatable bonds is 8. The summed E-state index contributed by atoms with van der Waals surface area (Å²) in [6.07, 6.45) is 4.96. The summed E-state index contributed by atoms with van der Waals surface area (Å²) in [6.45, 7) is 5.07. The fourth-order valence-corrected chi connectivity index (χ4v) is 3.09. The molecule has 0 radical (unpaired) electrons. The minimum Gasteiger partial charge on any atom is -0.395 e. The number of hydrogen-bond acceptors (Lipinski definition) is 3. The number of aliphatic hydroxyl groups is 1. The molecule has 0 aromatic heterocycles. The Kier molecular flexibility index (Phi) is 6.33. The van der Waals surface area contributed by atoms with Crippen LogP contribution in [0.3, 0.4) is 0 Å². The average molecular weight is 341 g/mol. The smallest absolute Gasteiger partial charge is 0.0606 e. The highest BCUT2D eigenvalue weighted by molar-refractivity contribution is 9.10. The zero-order chi connectivity index (χ0) is 14.4. The number of nitrogens with zero attached hydrogens (tertiary/aromatic N) is 1. The number of aliphatic hydroxyl groups excluding tert-OH is 1. The van der Waals surface area contributed by atoms with Gasteiger partial charge in [-0.05, 0) is 49.9 Å². The van der Waals surface area contributed by atoms with Crippen LogP contribution in [-0.4, -0.2) is 30.8 Å².